The highest BCUT2D eigenvalue weighted by molar-refractivity contribution is 9.10. The zero-order valence-electron chi connectivity index (χ0n) is 8.12. The van der Waals surface area contributed by atoms with Crippen LogP contribution in [0.25, 0.3) is 0 Å². The number of quaternary nitrogens is 1. The number of halogens is 1. The predicted molar refractivity (Wildman–Crippen MR) is 60.4 cm³/mol. The quantitative estimate of drug-likeness (QED) is 0.748. The van der Waals surface area contributed by atoms with Crippen molar-refractivity contribution in [3.63, 3.8) is 0 Å². The maximum absolute atomic E-state index is 4.25. The van der Waals surface area contributed by atoms with Crippen molar-refractivity contribution in [2.24, 2.45) is 0 Å². The highest BCUT2D eigenvalue weighted by Crippen LogP contribution is 2.15. The van der Waals surface area contributed by atoms with Crippen LogP contribution in [0.2, 0.25) is 0 Å². The second-order valence-corrected chi connectivity index (χ2v) is 4.36. The standard InChI is InChI=1S/C10H14BrN3/c11-10-3-2-9(8-13-10)14-6-1-4-12-5-7-14/h2-3,8,12H,1,4-7H2/p+1. The molecule has 0 atom stereocenters. The average molecular weight is 257 g/mol. The fourth-order valence-corrected chi connectivity index (χ4v) is 1.98. The molecule has 0 amide bonds. The number of nitrogens with zero attached hydrogens (tertiary/aromatic N) is 2. The molecule has 0 unspecified atom stereocenters. The third-order valence-corrected chi connectivity index (χ3v) is 2.99. The molecule has 0 aliphatic carbocycles. The molecule has 2 rings (SSSR count). The Morgan fingerprint density at radius 1 is 1.29 bits per heavy atom. The summed E-state index contributed by atoms with van der Waals surface area (Å²) in [5, 5.41) is 2.38. The molecular formula is C10H15BrN3+. The Morgan fingerprint density at radius 2 is 2.21 bits per heavy atom. The van der Waals surface area contributed by atoms with Crippen molar-refractivity contribution >= 4 is 21.6 Å². The van der Waals surface area contributed by atoms with Crippen LogP contribution in [0.4, 0.5) is 5.69 Å². The molecule has 2 heterocycles. The largest absolute Gasteiger partial charge is 0.364 e. The van der Waals surface area contributed by atoms with E-state index in [0.29, 0.717) is 0 Å². The van der Waals surface area contributed by atoms with Crippen LogP contribution in [-0.2, 0) is 0 Å². The molecule has 4 heteroatoms. The second kappa shape index (κ2) is 4.75. The van der Waals surface area contributed by atoms with E-state index in [4.69, 9.17) is 0 Å². The fourth-order valence-electron chi connectivity index (χ4n) is 1.74. The number of nitrogens with two attached hydrogens (primary N) is 1. The van der Waals surface area contributed by atoms with Crippen LogP contribution in [0.5, 0.6) is 0 Å². The van der Waals surface area contributed by atoms with E-state index in [1.165, 1.54) is 25.2 Å². The Morgan fingerprint density at radius 3 is 3.00 bits per heavy atom. The number of aromatic nitrogens is 1. The first-order valence-corrected chi connectivity index (χ1v) is 5.84. The summed E-state index contributed by atoms with van der Waals surface area (Å²) in [5.74, 6) is 0. The van der Waals surface area contributed by atoms with E-state index in [1.54, 1.807) is 0 Å². The normalized spacial score (nSPS) is 17.9. The summed E-state index contributed by atoms with van der Waals surface area (Å²) in [6.07, 6.45) is 3.20. The first-order valence-electron chi connectivity index (χ1n) is 5.04. The first kappa shape index (κ1) is 9.93. The minimum atomic E-state index is 0.905. The highest BCUT2D eigenvalue weighted by Gasteiger charge is 2.10. The van der Waals surface area contributed by atoms with Gasteiger partial charge in [0, 0.05) is 13.0 Å². The molecular weight excluding hydrogens is 242 g/mol. The summed E-state index contributed by atoms with van der Waals surface area (Å²) in [6, 6.07) is 4.13. The molecule has 3 nitrogen and oxygen atoms in total. The number of anilines is 1. The lowest BCUT2D eigenvalue weighted by Gasteiger charge is -2.20. The second-order valence-electron chi connectivity index (χ2n) is 3.55. The van der Waals surface area contributed by atoms with E-state index in [2.05, 4.69) is 37.2 Å². The van der Waals surface area contributed by atoms with Gasteiger partial charge in [-0.1, -0.05) is 0 Å². The van der Waals surface area contributed by atoms with Gasteiger partial charge in [-0.3, -0.25) is 0 Å². The van der Waals surface area contributed by atoms with Gasteiger partial charge in [0.2, 0.25) is 0 Å². The van der Waals surface area contributed by atoms with Crippen LogP contribution in [0.1, 0.15) is 6.42 Å². The molecule has 1 aliphatic heterocycles. The van der Waals surface area contributed by atoms with Crippen molar-refractivity contribution in [1.82, 2.24) is 4.98 Å². The van der Waals surface area contributed by atoms with Gasteiger partial charge in [0.25, 0.3) is 0 Å². The van der Waals surface area contributed by atoms with E-state index < -0.39 is 0 Å². The van der Waals surface area contributed by atoms with Crippen molar-refractivity contribution in [2.45, 2.75) is 6.42 Å². The molecule has 1 aromatic rings. The van der Waals surface area contributed by atoms with Crippen molar-refractivity contribution in [2.75, 3.05) is 31.1 Å². The van der Waals surface area contributed by atoms with Crippen LogP contribution in [0.3, 0.4) is 0 Å². The van der Waals surface area contributed by atoms with Crippen molar-refractivity contribution in [1.29, 1.82) is 0 Å². The van der Waals surface area contributed by atoms with Gasteiger partial charge in [0.1, 0.15) is 4.60 Å². The highest BCUT2D eigenvalue weighted by atomic mass is 79.9. The lowest BCUT2D eigenvalue weighted by atomic mass is 10.3. The van der Waals surface area contributed by atoms with Crippen LogP contribution < -0.4 is 10.2 Å². The Bertz CT molecular complexity index is 278. The first-order chi connectivity index (χ1) is 6.86. The van der Waals surface area contributed by atoms with Gasteiger partial charge < -0.3 is 10.2 Å². The van der Waals surface area contributed by atoms with E-state index in [-0.39, 0.29) is 0 Å². The van der Waals surface area contributed by atoms with Crippen LogP contribution in [0, 0.1) is 0 Å². The fraction of sp³-hybridized carbons (Fsp3) is 0.500. The van der Waals surface area contributed by atoms with E-state index in [1.807, 2.05) is 12.3 Å². The van der Waals surface area contributed by atoms with Crippen molar-refractivity contribution < 1.29 is 5.32 Å². The third kappa shape index (κ3) is 2.45. The van der Waals surface area contributed by atoms with Crippen LogP contribution >= 0.6 is 15.9 Å². The lowest BCUT2D eigenvalue weighted by Crippen LogP contribution is -2.84. The maximum Gasteiger partial charge on any atom is 0.106 e. The molecule has 0 bridgehead atoms. The number of hydrogen-bond acceptors (Lipinski definition) is 2. The zero-order valence-corrected chi connectivity index (χ0v) is 9.70. The van der Waals surface area contributed by atoms with Gasteiger partial charge in [-0.15, -0.1) is 0 Å². The summed E-state index contributed by atoms with van der Waals surface area (Å²) in [6.45, 7) is 4.72. The molecule has 0 saturated carbocycles. The zero-order chi connectivity index (χ0) is 9.80. The van der Waals surface area contributed by atoms with E-state index in [0.717, 1.165) is 17.7 Å². The summed E-state index contributed by atoms with van der Waals surface area (Å²) in [4.78, 5) is 6.66. The van der Waals surface area contributed by atoms with Gasteiger partial charge in [0.05, 0.1) is 31.5 Å². The number of rotatable bonds is 1. The minimum absolute atomic E-state index is 0.905. The minimum Gasteiger partial charge on any atom is -0.364 e. The lowest BCUT2D eigenvalue weighted by molar-refractivity contribution is -0.650. The molecule has 1 aliphatic rings. The van der Waals surface area contributed by atoms with Gasteiger partial charge in [0.15, 0.2) is 0 Å². The summed E-state index contributed by atoms with van der Waals surface area (Å²) in [5.41, 5.74) is 1.24. The van der Waals surface area contributed by atoms with Gasteiger partial charge >= 0.3 is 0 Å². The van der Waals surface area contributed by atoms with Crippen LogP contribution in [0.15, 0.2) is 22.9 Å². The molecule has 0 aromatic carbocycles. The Balaban J connectivity index is 2.08. The van der Waals surface area contributed by atoms with Gasteiger partial charge in [-0.25, -0.2) is 4.98 Å². The summed E-state index contributed by atoms with van der Waals surface area (Å²) >= 11 is 3.35. The van der Waals surface area contributed by atoms with Crippen LogP contribution in [-0.4, -0.2) is 31.2 Å². The van der Waals surface area contributed by atoms with Crippen molar-refractivity contribution in [3.05, 3.63) is 22.9 Å². The number of hydrogen-bond donors (Lipinski definition) is 1. The molecule has 2 N–H and O–H groups in total. The monoisotopic (exact) mass is 256 g/mol. The van der Waals surface area contributed by atoms with E-state index in [9.17, 15) is 0 Å². The predicted octanol–water partition coefficient (Wildman–Crippen LogP) is 0.618. The topological polar surface area (TPSA) is 32.7 Å². The smallest absolute Gasteiger partial charge is 0.106 e. The Labute approximate surface area is 92.6 Å². The Hall–Kier alpha value is -0.610. The van der Waals surface area contributed by atoms with E-state index >= 15 is 0 Å². The number of pyridine rings is 1. The molecule has 1 fully saturated rings. The summed E-state index contributed by atoms with van der Waals surface area (Å²) in [7, 11) is 0. The molecule has 1 saturated heterocycles. The average Bonchev–Trinajstić information content (AvgIpc) is 2.47. The molecule has 1 aromatic heterocycles. The van der Waals surface area contributed by atoms with Crippen molar-refractivity contribution in [3.8, 4) is 0 Å². The molecule has 0 radical (unpaired) electrons. The Kier molecular flexibility index (Phi) is 3.37. The SMILES string of the molecule is Brc1ccc(N2CCC[NH2+]CC2)cn1. The third-order valence-electron chi connectivity index (χ3n) is 2.52. The molecule has 14 heavy (non-hydrogen) atoms. The summed E-state index contributed by atoms with van der Waals surface area (Å²) < 4.78 is 0.905. The molecule has 76 valence electrons. The van der Waals surface area contributed by atoms with Gasteiger partial charge in [-0.05, 0) is 28.1 Å². The van der Waals surface area contributed by atoms with Gasteiger partial charge in [-0.2, -0.15) is 0 Å². The molecule has 0 spiro atoms. The maximum atomic E-state index is 4.25.